The molecular formula is C6H11NO2. The third-order valence-electron chi connectivity index (χ3n) is 1.25. The Morgan fingerprint density at radius 1 is 1.89 bits per heavy atom. The zero-order chi connectivity index (χ0) is 6.69. The first kappa shape index (κ1) is 6.42. The van der Waals surface area contributed by atoms with Gasteiger partial charge in [-0.3, -0.25) is 0 Å². The second kappa shape index (κ2) is 2.73. The van der Waals surface area contributed by atoms with Crippen molar-refractivity contribution in [1.82, 2.24) is 4.90 Å². The fraction of sp³-hybridized carbons (Fsp3) is 0.667. The van der Waals surface area contributed by atoms with Gasteiger partial charge in [0.05, 0.1) is 6.54 Å². The van der Waals surface area contributed by atoms with Crippen LogP contribution in [-0.4, -0.2) is 36.8 Å². The fourth-order valence-electron chi connectivity index (χ4n) is 0.755. The maximum Gasteiger partial charge on any atom is 0.137 e. The molecule has 9 heavy (non-hydrogen) atoms. The van der Waals surface area contributed by atoms with Gasteiger partial charge in [-0.1, -0.05) is 0 Å². The summed E-state index contributed by atoms with van der Waals surface area (Å²) in [7, 11) is 1.96. The van der Waals surface area contributed by atoms with Crippen molar-refractivity contribution in [3.05, 3.63) is 12.0 Å². The molecule has 0 unspecified atom stereocenters. The van der Waals surface area contributed by atoms with Gasteiger partial charge in [-0.05, 0) is 0 Å². The summed E-state index contributed by atoms with van der Waals surface area (Å²) in [6, 6.07) is 0. The van der Waals surface area contributed by atoms with Crippen LogP contribution in [0.25, 0.3) is 0 Å². The monoisotopic (exact) mass is 129 g/mol. The average molecular weight is 129 g/mol. The van der Waals surface area contributed by atoms with Crippen LogP contribution in [0.4, 0.5) is 0 Å². The predicted octanol–water partition coefficient (Wildman–Crippen LogP) is -0.218. The number of rotatable bonds is 1. The van der Waals surface area contributed by atoms with Gasteiger partial charge in [0.15, 0.2) is 0 Å². The van der Waals surface area contributed by atoms with Gasteiger partial charge in [-0.25, -0.2) is 0 Å². The number of nitrogens with zero attached hydrogens (tertiary/aromatic N) is 1. The summed E-state index contributed by atoms with van der Waals surface area (Å²) in [5.74, 6) is 0.656. The Morgan fingerprint density at radius 3 is 3.11 bits per heavy atom. The summed E-state index contributed by atoms with van der Waals surface area (Å²) in [5.41, 5.74) is 0. The molecule has 0 amide bonds. The van der Waals surface area contributed by atoms with Crippen molar-refractivity contribution in [2.45, 2.75) is 0 Å². The molecule has 1 N–H and O–H groups in total. The first-order valence-corrected chi connectivity index (χ1v) is 2.97. The Kier molecular flexibility index (Phi) is 1.95. The molecule has 0 aromatic heterocycles. The van der Waals surface area contributed by atoms with E-state index in [-0.39, 0.29) is 6.61 Å². The quantitative estimate of drug-likeness (QED) is 0.531. The highest BCUT2D eigenvalue weighted by molar-refractivity contribution is 4.94. The number of aliphatic hydroxyl groups excluding tert-OH is 1. The molecule has 0 fully saturated rings. The maximum absolute atomic E-state index is 8.59. The Labute approximate surface area is 54.5 Å². The zero-order valence-electron chi connectivity index (χ0n) is 5.50. The zero-order valence-corrected chi connectivity index (χ0v) is 5.50. The second-order valence-corrected chi connectivity index (χ2v) is 2.08. The molecule has 0 aromatic carbocycles. The minimum Gasteiger partial charge on any atom is -0.492 e. The van der Waals surface area contributed by atoms with Crippen LogP contribution in [0.3, 0.4) is 0 Å². The van der Waals surface area contributed by atoms with Crippen LogP contribution in [0.1, 0.15) is 0 Å². The lowest BCUT2D eigenvalue weighted by atomic mass is 10.4. The van der Waals surface area contributed by atoms with Gasteiger partial charge in [0, 0.05) is 13.2 Å². The van der Waals surface area contributed by atoms with Gasteiger partial charge in [-0.2, -0.15) is 0 Å². The topological polar surface area (TPSA) is 32.7 Å². The molecule has 0 aromatic rings. The van der Waals surface area contributed by atoms with E-state index in [0.717, 1.165) is 6.54 Å². The van der Waals surface area contributed by atoms with Crippen molar-refractivity contribution >= 4 is 0 Å². The third kappa shape index (κ3) is 1.61. The number of ether oxygens (including phenoxy) is 1. The molecule has 3 heteroatoms. The summed E-state index contributed by atoms with van der Waals surface area (Å²) in [6.07, 6.45) is 1.81. The Hall–Kier alpha value is -0.700. The molecular weight excluding hydrogens is 118 g/mol. The summed E-state index contributed by atoms with van der Waals surface area (Å²) in [5, 5.41) is 8.59. The molecule has 0 saturated heterocycles. The van der Waals surface area contributed by atoms with Crippen LogP contribution in [0.5, 0.6) is 0 Å². The van der Waals surface area contributed by atoms with Crippen LogP contribution in [-0.2, 0) is 4.74 Å². The highest BCUT2D eigenvalue weighted by Gasteiger charge is 2.04. The molecule has 52 valence electrons. The summed E-state index contributed by atoms with van der Waals surface area (Å²) in [4.78, 5) is 2.00. The molecule has 0 spiro atoms. The van der Waals surface area contributed by atoms with Crippen molar-refractivity contribution in [3.8, 4) is 0 Å². The molecule has 1 heterocycles. The van der Waals surface area contributed by atoms with Crippen molar-refractivity contribution in [2.24, 2.45) is 0 Å². The van der Waals surface area contributed by atoms with Crippen molar-refractivity contribution in [3.63, 3.8) is 0 Å². The molecule has 0 atom stereocenters. The van der Waals surface area contributed by atoms with E-state index in [1.165, 1.54) is 0 Å². The lowest BCUT2D eigenvalue weighted by Gasteiger charge is -2.21. The van der Waals surface area contributed by atoms with E-state index in [1.54, 1.807) is 0 Å². The molecule has 1 rings (SSSR count). The van der Waals surface area contributed by atoms with Crippen molar-refractivity contribution < 1.29 is 9.84 Å². The summed E-state index contributed by atoms with van der Waals surface area (Å²) >= 11 is 0. The van der Waals surface area contributed by atoms with E-state index in [2.05, 4.69) is 0 Å². The third-order valence-corrected chi connectivity index (χ3v) is 1.25. The highest BCUT2D eigenvalue weighted by atomic mass is 16.5. The van der Waals surface area contributed by atoms with Crippen LogP contribution in [0.2, 0.25) is 0 Å². The van der Waals surface area contributed by atoms with E-state index < -0.39 is 0 Å². The molecule has 0 aliphatic carbocycles. The Morgan fingerprint density at radius 2 is 2.67 bits per heavy atom. The van der Waals surface area contributed by atoms with Crippen LogP contribution in [0, 0.1) is 0 Å². The van der Waals surface area contributed by atoms with Crippen LogP contribution in [0.15, 0.2) is 12.0 Å². The predicted molar refractivity (Wildman–Crippen MR) is 33.8 cm³/mol. The minimum atomic E-state index is 0.00431. The maximum atomic E-state index is 8.59. The normalized spacial score (nSPS) is 18.9. The van der Waals surface area contributed by atoms with E-state index in [1.807, 2.05) is 18.1 Å². The number of aliphatic hydroxyl groups is 1. The van der Waals surface area contributed by atoms with Crippen LogP contribution < -0.4 is 0 Å². The minimum absolute atomic E-state index is 0.00431. The second-order valence-electron chi connectivity index (χ2n) is 2.08. The average Bonchev–Trinajstić information content (AvgIpc) is 1.88. The van der Waals surface area contributed by atoms with E-state index in [4.69, 9.17) is 9.84 Å². The largest absolute Gasteiger partial charge is 0.492 e. The smallest absolute Gasteiger partial charge is 0.137 e. The van der Waals surface area contributed by atoms with Crippen LogP contribution >= 0.6 is 0 Å². The Balaban J connectivity index is 2.49. The van der Waals surface area contributed by atoms with Gasteiger partial charge < -0.3 is 14.7 Å². The lowest BCUT2D eigenvalue weighted by Crippen LogP contribution is -2.24. The summed E-state index contributed by atoms with van der Waals surface area (Å²) in [6.45, 7) is 1.59. The number of likely N-dealkylation sites (N-methyl/N-ethyl adjacent to an activating group) is 1. The van der Waals surface area contributed by atoms with Gasteiger partial charge in [0.1, 0.15) is 19.0 Å². The van der Waals surface area contributed by atoms with Gasteiger partial charge >= 0.3 is 0 Å². The van der Waals surface area contributed by atoms with Gasteiger partial charge in [-0.15, -0.1) is 0 Å². The number of hydrogen-bond acceptors (Lipinski definition) is 3. The molecule has 3 nitrogen and oxygen atoms in total. The molecule has 0 saturated carbocycles. The fourth-order valence-corrected chi connectivity index (χ4v) is 0.755. The van der Waals surface area contributed by atoms with Gasteiger partial charge in [0.2, 0.25) is 0 Å². The molecule has 1 aliphatic heterocycles. The molecule has 1 aliphatic rings. The number of hydrogen-bond donors (Lipinski definition) is 1. The SMILES string of the molecule is CN1C=C(CO)OCC1. The molecule has 0 bridgehead atoms. The first-order valence-electron chi connectivity index (χ1n) is 2.97. The lowest BCUT2D eigenvalue weighted by molar-refractivity contribution is 0.119. The summed E-state index contributed by atoms with van der Waals surface area (Å²) < 4.78 is 5.07. The standard InChI is InChI=1S/C6H11NO2/c1-7-2-3-9-6(4-7)5-8/h4,8H,2-3,5H2,1H3. The van der Waals surface area contributed by atoms with E-state index in [9.17, 15) is 0 Å². The van der Waals surface area contributed by atoms with E-state index >= 15 is 0 Å². The van der Waals surface area contributed by atoms with Crippen molar-refractivity contribution in [2.75, 3.05) is 26.8 Å². The van der Waals surface area contributed by atoms with Gasteiger partial charge in [0.25, 0.3) is 0 Å². The Bertz CT molecular complexity index is 122. The highest BCUT2D eigenvalue weighted by Crippen LogP contribution is 2.03. The van der Waals surface area contributed by atoms with E-state index in [0.29, 0.717) is 12.4 Å². The van der Waals surface area contributed by atoms with Crippen molar-refractivity contribution in [1.29, 1.82) is 0 Å². The first-order chi connectivity index (χ1) is 4.33. The molecule has 0 radical (unpaired) electrons.